The van der Waals surface area contributed by atoms with Crippen molar-refractivity contribution < 1.29 is 14.6 Å². The molecule has 94 valence electrons. The molecule has 0 saturated carbocycles. The molecule has 1 aliphatic heterocycles. The molecule has 1 rings (SSSR count). The van der Waals surface area contributed by atoms with Crippen LogP contribution in [0.25, 0.3) is 0 Å². The molecular formula is C11H22N2O3. The van der Waals surface area contributed by atoms with Crippen molar-refractivity contribution in [2.75, 3.05) is 33.4 Å². The Morgan fingerprint density at radius 3 is 2.50 bits per heavy atom. The maximum atomic E-state index is 11.8. The smallest absolute Gasteiger partial charge is 0.317 e. The number of methoxy groups -OCH3 is 1. The second-order valence-electron chi connectivity index (χ2n) is 4.19. The molecule has 1 saturated heterocycles. The third kappa shape index (κ3) is 4.37. The molecule has 0 aromatic rings. The van der Waals surface area contributed by atoms with E-state index in [0.29, 0.717) is 6.61 Å². The molecule has 0 aromatic carbocycles. The molecule has 1 unspecified atom stereocenters. The molecule has 5 heteroatoms. The van der Waals surface area contributed by atoms with Crippen LogP contribution < -0.4 is 5.32 Å². The Labute approximate surface area is 96.8 Å². The monoisotopic (exact) mass is 230 g/mol. The minimum absolute atomic E-state index is 0.0852. The molecule has 0 bridgehead atoms. The van der Waals surface area contributed by atoms with Crippen molar-refractivity contribution in [1.82, 2.24) is 10.2 Å². The lowest BCUT2D eigenvalue weighted by atomic mass is 10.2. The maximum Gasteiger partial charge on any atom is 0.317 e. The number of ether oxygens (including phenoxy) is 1. The molecular weight excluding hydrogens is 208 g/mol. The number of aliphatic hydroxyl groups is 1. The molecule has 0 aliphatic carbocycles. The lowest BCUT2D eigenvalue weighted by Crippen LogP contribution is -2.48. The Balaban J connectivity index is 2.36. The van der Waals surface area contributed by atoms with Crippen molar-refractivity contribution >= 4 is 6.03 Å². The fourth-order valence-electron chi connectivity index (χ4n) is 1.88. The first-order valence-corrected chi connectivity index (χ1v) is 5.93. The van der Waals surface area contributed by atoms with Crippen LogP contribution in [0.1, 0.15) is 25.7 Å². The van der Waals surface area contributed by atoms with Gasteiger partial charge < -0.3 is 20.1 Å². The summed E-state index contributed by atoms with van der Waals surface area (Å²) in [5, 5.41) is 11.8. The molecule has 2 N–H and O–H groups in total. The molecule has 1 aliphatic rings. The molecule has 2 amide bonds. The molecule has 1 fully saturated rings. The van der Waals surface area contributed by atoms with E-state index in [1.807, 2.05) is 4.90 Å². The van der Waals surface area contributed by atoms with Gasteiger partial charge in [0.2, 0.25) is 0 Å². The number of carbonyl (C=O) groups excluding carboxylic acids is 1. The van der Waals surface area contributed by atoms with Gasteiger partial charge in [0.25, 0.3) is 0 Å². The first-order valence-electron chi connectivity index (χ1n) is 5.93. The van der Waals surface area contributed by atoms with E-state index in [4.69, 9.17) is 9.84 Å². The van der Waals surface area contributed by atoms with Crippen LogP contribution in [-0.2, 0) is 4.74 Å². The van der Waals surface area contributed by atoms with Crippen LogP contribution in [0.5, 0.6) is 0 Å². The predicted octanol–water partition coefficient (Wildman–Crippen LogP) is 0.579. The summed E-state index contributed by atoms with van der Waals surface area (Å²) in [5.41, 5.74) is 0. The Bertz CT molecular complexity index is 203. The Morgan fingerprint density at radius 1 is 1.38 bits per heavy atom. The van der Waals surface area contributed by atoms with Gasteiger partial charge in [-0.05, 0) is 12.8 Å². The van der Waals surface area contributed by atoms with Crippen molar-refractivity contribution in [3.05, 3.63) is 0 Å². The van der Waals surface area contributed by atoms with E-state index in [2.05, 4.69) is 5.32 Å². The van der Waals surface area contributed by atoms with E-state index >= 15 is 0 Å². The zero-order valence-electron chi connectivity index (χ0n) is 9.95. The number of amides is 2. The van der Waals surface area contributed by atoms with E-state index in [1.54, 1.807) is 7.11 Å². The van der Waals surface area contributed by atoms with E-state index in [9.17, 15) is 4.79 Å². The first-order chi connectivity index (χ1) is 7.77. The maximum absolute atomic E-state index is 11.8. The van der Waals surface area contributed by atoms with Crippen LogP contribution in [-0.4, -0.2) is 55.5 Å². The number of rotatable bonds is 4. The van der Waals surface area contributed by atoms with Gasteiger partial charge >= 0.3 is 6.03 Å². The minimum Gasteiger partial charge on any atom is -0.394 e. The van der Waals surface area contributed by atoms with Crippen molar-refractivity contribution in [1.29, 1.82) is 0 Å². The molecule has 0 aromatic heterocycles. The second kappa shape index (κ2) is 7.46. The highest BCUT2D eigenvalue weighted by molar-refractivity contribution is 5.74. The number of hydrogen-bond donors (Lipinski definition) is 2. The van der Waals surface area contributed by atoms with Gasteiger partial charge in [-0.25, -0.2) is 4.79 Å². The van der Waals surface area contributed by atoms with Gasteiger partial charge in [0.1, 0.15) is 0 Å². The van der Waals surface area contributed by atoms with Crippen LogP contribution in [0.2, 0.25) is 0 Å². The highest BCUT2D eigenvalue weighted by Gasteiger charge is 2.18. The number of carbonyl (C=O) groups is 1. The Hall–Kier alpha value is -0.810. The normalized spacial score (nSPS) is 19.0. The van der Waals surface area contributed by atoms with E-state index in [1.165, 1.54) is 12.8 Å². The SMILES string of the molecule is COCC(CO)NC(=O)N1CCCCCC1. The third-order valence-corrected chi connectivity index (χ3v) is 2.81. The molecule has 16 heavy (non-hydrogen) atoms. The highest BCUT2D eigenvalue weighted by atomic mass is 16.5. The lowest BCUT2D eigenvalue weighted by molar-refractivity contribution is 0.124. The van der Waals surface area contributed by atoms with Crippen LogP contribution >= 0.6 is 0 Å². The molecule has 1 atom stereocenters. The number of hydrogen-bond acceptors (Lipinski definition) is 3. The predicted molar refractivity (Wildman–Crippen MR) is 61.3 cm³/mol. The van der Waals surface area contributed by atoms with Gasteiger partial charge in [0, 0.05) is 20.2 Å². The van der Waals surface area contributed by atoms with Gasteiger partial charge in [-0.2, -0.15) is 0 Å². The van der Waals surface area contributed by atoms with E-state index in [0.717, 1.165) is 25.9 Å². The lowest BCUT2D eigenvalue weighted by Gasteiger charge is -2.24. The molecule has 0 radical (unpaired) electrons. The van der Waals surface area contributed by atoms with Gasteiger partial charge in [0.15, 0.2) is 0 Å². The minimum atomic E-state index is -0.305. The zero-order chi connectivity index (χ0) is 11.8. The number of aliphatic hydroxyl groups excluding tert-OH is 1. The standard InChI is InChI=1S/C11H22N2O3/c1-16-9-10(8-14)12-11(15)13-6-4-2-3-5-7-13/h10,14H,2-9H2,1H3,(H,12,15). The number of nitrogens with zero attached hydrogens (tertiary/aromatic N) is 1. The van der Waals surface area contributed by atoms with Crippen LogP contribution in [0.15, 0.2) is 0 Å². The zero-order valence-corrected chi connectivity index (χ0v) is 9.95. The van der Waals surface area contributed by atoms with E-state index < -0.39 is 0 Å². The Kier molecular flexibility index (Phi) is 6.18. The van der Waals surface area contributed by atoms with Crippen LogP contribution in [0.4, 0.5) is 4.79 Å². The average Bonchev–Trinajstić information content (AvgIpc) is 2.56. The fourth-order valence-corrected chi connectivity index (χ4v) is 1.88. The van der Waals surface area contributed by atoms with Crippen LogP contribution in [0.3, 0.4) is 0 Å². The van der Waals surface area contributed by atoms with Gasteiger partial charge in [0.05, 0.1) is 19.3 Å². The van der Waals surface area contributed by atoms with Crippen molar-refractivity contribution in [2.24, 2.45) is 0 Å². The summed E-state index contributed by atoms with van der Waals surface area (Å²) in [4.78, 5) is 13.7. The fraction of sp³-hybridized carbons (Fsp3) is 0.909. The largest absolute Gasteiger partial charge is 0.394 e. The molecule has 0 spiro atoms. The van der Waals surface area contributed by atoms with Gasteiger partial charge in [-0.3, -0.25) is 0 Å². The topological polar surface area (TPSA) is 61.8 Å². The summed E-state index contributed by atoms with van der Waals surface area (Å²) in [5.74, 6) is 0. The quantitative estimate of drug-likeness (QED) is 0.742. The van der Waals surface area contributed by atoms with Crippen molar-refractivity contribution in [2.45, 2.75) is 31.7 Å². The highest BCUT2D eigenvalue weighted by Crippen LogP contribution is 2.09. The molecule has 5 nitrogen and oxygen atoms in total. The first kappa shape index (κ1) is 13.3. The van der Waals surface area contributed by atoms with Crippen molar-refractivity contribution in [3.8, 4) is 0 Å². The van der Waals surface area contributed by atoms with Gasteiger partial charge in [-0.1, -0.05) is 12.8 Å². The average molecular weight is 230 g/mol. The summed E-state index contributed by atoms with van der Waals surface area (Å²) >= 11 is 0. The van der Waals surface area contributed by atoms with E-state index in [-0.39, 0.29) is 18.7 Å². The summed E-state index contributed by atoms with van der Waals surface area (Å²) in [6.45, 7) is 1.89. The summed E-state index contributed by atoms with van der Waals surface area (Å²) in [6, 6.07) is -0.390. The van der Waals surface area contributed by atoms with Gasteiger partial charge in [-0.15, -0.1) is 0 Å². The summed E-state index contributed by atoms with van der Waals surface area (Å²) in [7, 11) is 1.56. The number of urea groups is 1. The summed E-state index contributed by atoms with van der Waals surface area (Å²) in [6.07, 6.45) is 4.54. The summed E-state index contributed by atoms with van der Waals surface area (Å²) < 4.78 is 4.91. The number of nitrogens with one attached hydrogen (secondary N) is 1. The number of likely N-dealkylation sites (tertiary alicyclic amines) is 1. The Morgan fingerprint density at radius 2 is 2.00 bits per heavy atom. The second-order valence-corrected chi connectivity index (χ2v) is 4.19. The third-order valence-electron chi connectivity index (χ3n) is 2.81. The van der Waals surface area contributed by atoms with Crippen LogP contribution in [0, 0.1) is 0 Å². The van der Waals surface area contributed by atoms with Crippen molar-refractivity contribution in [3.63, 3.8) is 0 Å². The molecule has 1 heterocycles.